The Morgan fingerprint density at radius 3 is 2.89 bits per heavy atom. The molecule has 0 saturated heterocycles. The van der Waals surface area contributed by atoms with Crippen molar-refractivity contribution in [3.63, 3.8) is 0 Å². The quantitative estimate of drug-likeness (QED) is 0.842. The Balaban J connectivity index is 2.11. The van der Waals surface area contributed by atoms with Crippen molar-refractivity contribution < 1.29 is 4.74 Å². The van der Waals surface area contributed by atoms with Gasteiger partial charge in [-0.2, -0.15) is 0 Å². The number of nitrogens with one attached hydrogen (secondary N) is 1. The van der Waals surface area contributed by atoms with Gasteiger partial charge < -0.3 is 10.1 Å². The standard InChI is InChI=1S/C14H22ClN3O/c1-3-19-14-10(2)13(16-9-17-14)18-12-7-5-4-6-11(12)8-15/h9,11-12H,3-8H2,1-2H3,(H,16,17,18). The van der Waals surface area contributed by atoms with Gasteiger partial charge in [-0.15, -0.1) is 11.6 Å². The summed E-state index contributed by atoms with van der Waals surface area (Å²) in [7, 11) is 0. The van der Waals surface area contributed by atoms with Crippen molar-refractivity contribution in [2.45, 2.75) is 45.6 Å². The fourth-order valence-electron chi connectivity index (χ4n) is 2.62. The molecular weight excluding hydrogens is 262 g/mol. The lowest BCUT2D eigenvalue weighted by atomic mass is 9.86. The smallest absolute Gasteiger partial charge is 0.221 e. The zero-order valence-corrected chi connectivity index (χ0v) is 12.4. The summed E-state index contributed by atoms with van der Waals surface area (Å²) in [6.07, 6.45) is 6.45. The number of aromatic nitrogens is 2. The van der Waals surface area contributed by atoms with Crippen molar-refractivity contribution in [2.24, 2.45) is 5.92 Å². The van der Waals surface area contributed by atoms with Crippen LogP contribution in [0.4, 0.5) is 5.82 Å². The summed E-state index contributed by atoms with van der Waals surface area (Å²) in [4.78, 5) is 8.50. The molecule has 0 aromatic carbocycles. The second-order valence-electron chi connectivity index (χ2n) is 5.04. The van der Waals surface area contributed by atoms with E-state index in [-0.39, 0.29) is 0 Å². The predicted molar refractivity (Wildman–Crippen MR) is 78.0 cm³/mol. The van der Waals surface area contributed by atoms with E-state index >= 15 is 0 Å². The molecule has 0 spiro atoms. The third-order valence-corrected chi connectivity index (χ3v) is 4.14. The summed E-state index contributed by atoms with van der Waals surface area (Å²) in [6.45, 7) is 4.57. The van der Waals surface area contributed by atoms with Gasteiger partial charge in [0.15, 0.2) is 0 Å². The summed E-state index contributed by atoms with van der Waals surface area (Å²) in [6, 6.07) is 0.411. The lowest BCUT2D eigenvalue weighted by molar-refractivity contribution is 0.323. The van der Waals surface area contributed by atoms with Gasteiger partial charge in [-0.1, -0.05) is 12.8 Å². The van der Waals surface area contributed by atoms with Crippen molar-refractivity contribution in [3.05, 3.63) is 11.9 Å². The van der Waals surface area contributed by atoms with Crippen LogP contribution in [0.5, 0.6) is 5.88 Å². The molecule has 1 aromatic heterocycles. The monoisotopic (exact) mass is 283 g/mol. The van der Waals surface area contributed by atoms with Crippen LogP contribution >= 0.6 is 11.6 Å². The van der Waals surface area contributed by atoms with Gasteiger partial charge >= 0.3 is 0 Å². The molecule has 2 atom stereocenters. The zero-order chi connectivity index (χ0) is 13.7. The summed E-state index contributed by atoms with van der Waals surface area (Å²) < 4.78 is 5.50. The van der Waals surface area contributed by atoms with Gasteiger partial charge in [-0.25, -0.2) is 9.97 Å². The number of hydrogen-bond acceptors (Lipinski definition) is 4. The van der Waals surface area contributed by atoms with Crippen LogP contribution in [0.2, 0.25) is 0 Å². The number of hydrogen-bond donors (Lipinski definition) is 1. The van der Waals surface area contributed by atoms with E-state index < -0.39 is 0 Å². The third kappa shape index (κ3) is 3.50. The van der Waals surface area contributed by atoms with Gasteiger partial charge in [0, 0.05) is 11.9 Å². The molecular formula is C14H22ClN3O. The Morgan fingerprint density at radius 1 is 1.37 bits per heavy atom. The van der Waals surface area contributed by atoms with Crippen LogP contribution in [0.3, 0.4) is 0 Å². The van der Waals surface area contributed by atoms with Gasteiger partial charge in [0.25, 0.3) is 0 Å². The van der Waals surface area contributed by atoms with E-state index in [4.69, 9.17) is 16.3 Å². The van der Waals surface area contributed by atoms with Crippen molar-refractivity contribution in [1.82, 2.24) is 9.97 Å². The topological polar surface area (TPSA) is 47.0 Å². The van der Waals surface area contributed by atoms with Gasteiger partial charge in [-0.05, 0) is 32.6 Å². The van der Waals surface area contributed by atoms with Crippen LogP contribution < -0.4 is 10.1 Å². The normalized spacial score (nSPS) is 23.1. The summed E-state index contributed by atoms with van der Waals surface area (Å²) in [5.41, 5.74) is 0.975. The van der Waals surface area contributed by atoms with Crippen molar-refractivity contribution in [1.29, 1.82) is 0 Å². The Hall–Kier alpha value is -1.03. The Labute approximate surface area is 119 Å². The number of halogens is 1. The van der Waals surface area contributed by atoms with Crippen molar-refractivity contribution >= 4 is 17.4 Å². The summed E-state index contributed by atoms with van der Waals surface area (Å²) in [5, 5.41) is 3.53. The molecule has 0 amide bonds. The minimum atomic E-state index is 0.411. The molecule has 106 valence electrons. The SMILES string of the molecule is CCOc1ncnc(NC2CCCCC2CCl)c1C. The highest BCUT2D eigenvalue weighted by atomic mass is 35.5. The van der Waals surface area contributed by atoms with E-state index in [1.165, 1.54) is 19.3 Å². The molecule has 0 aliphatic heterocycles. The first-order valence-electron chi connectivity index (χ1n) is 7.03. The molecule has 1 fully saturated rings. The van der Waals surface area contributed by atoms with Crippen LogP contribution in [0.15, 0.2) is 6.33 Å². The molecule has 5 heteroatoms. The molecule has 1 saturated carbocycles. The first-order chi connectivity index (χ1) is 9.26. The Bertz CT molecular complexity index is 414. The summed E-state index contributed by atoms with van der Waals surface area (Å²) in [5.74, 6) is 2.78. The average molecular weight is 284 g/mol. The highest BCUT2D eigenvalue weighted by molar-refractivity contribution is 6.18. The molecule has 0 radical (unpaired) electrons. The average Bonchev–Trinajstić information content (AvgIpc) is 2.44. The van der Waals surface area contributed by atoms with Gasteiger partial charge in [0.2, 0.25) is 5.88 Å². The summed E-state index contributed by atoms with van der Waals surface area (Å²) >= 11 is 6.06. The third-order valence-electron chi connectivity index (χ3n) is 3.75. The second kappa shape index (κ2) is 6.94. The number of ether oxygens (including phenoxy) is 1. The molecule has 1 aliphatic rings. The van der Waals surface area contributed by atoms with E-state index in [1.54, 1.807) is 6.33 Å². The zero-order valence-electron chi connectivity index (χ0n) is 11.7. The van der Waals surface area contributed by atoms with Gasteiger partial charge in [-0.3, -0.25) is 0 Å². The molecule has 1 N–H and O–H groups in total. The van der Waals surface area contributed by atoms with Crippen molar-refractivity contribution in [3.8, 4) is 5.88 Å². The maximum absolute atomic E-state index is 6.06. The van der Waals surface area contributed by atoms with E-state index in [0.29, 0.717) is 30.3 Å². The Kier molecular flexibility index (Phi) is 5.25. The molecule has 1 aliphatic carbocycles. The minimum Gasteiger partial charge on any atom is -0.478 e. The van der Waals surface area contributed by atoms with Gasteiger partial charge in [0.05, 0.1) is 12.2 Å². The van der Waals surface area contributed by atoms with Crippen LogP contribution in [0.25, 0.3) is 0 Å². The molecule has 1 aromatic rings. The van der Waals surface area contributed by atoms with E-state index in [2.05, 4.69) is 15.3 Å². The molecule has 0 bridgehead atoms. The van der Waals surface area contributed by atoms with E-state index in [0.717, 1.165) is 17.8 Å². The van der Waals surface area contributed by atoms with Crippen LogP contribution in [0, 0.1) is 12.8 Å². The Morgan fingerprint density at radius 2 is 2.16 bits per heavy atom. The highest BCUT2D eigenvalue weighted by Crippen LogP contribution is 2.29. The van der Waals surface area contributed by atoms with Gasteiger partial charge in [0.1, 0.15) is 12.1 Å². The molecule has 2 unspecified atom stereocenters. The number of alkyl halides is 1. The number of anilines is 1. The molecule has 19 heavy (non-hydrogen) atoms. The molecule has 2 rings (SSSR count). The lowest BCUT2D eigenvalue weighted by Crippen LogP contribution is -2.33. The first-order valence-corrected chi connectivity index (χ1v) is 7.56. The highest BCUT2D eigenvalue weighted by Gasteiger charge is 2.25. The fourth-order valence-corrected chi connectivity index (χ4v) is 2.99. The maximum atomic E-state index is 6.06. The number of rotatable bonds is 5. The van der Waals surface area contributed by atoms with Crippen LogP contribution in [0.1, 0.15) is 38.2 Å². The lowest BCUT2D eigenvalue weighted by Gasteiger charge is -2.31. The number of nitrogens with zero attached hydrogens (tertiary/aromatic N) is 2. The molecule has 4 nitrogen and oxygen atoms in total. The minimum absolute atomic E-state index is 0.411. The largest absolute Gasteiger partial charge is 0.478 e. The van der Waals surface area contributed by atoms with Crippen LogP contribution in [-0.4, -0.2) is 28.5 Å². The first kappa shape index (κ1) is 14.4. The second-order valence-corrected chi connectivity index (χ2v) is 5.34. The predicted octanol–water partition coefficient (Wildman–Crippen LogP) is 3.39. The van der Waals surface area contributed by atoms with Crippen LogP contribution in [-0.2, 0) is 0 Å². The van der Waals surface area contributed by atoms with Crippen molar-refractivity contribution in [2.75, 3.05) is 17.8 Å². The van der Waals surface area contributed by atoms with E-state index in [1.807, 2.05) is 13.8 Å². The fraction of sp³-hybridized carbons (Fsp3) is 0.714. The maximum Gasteiger partial charge on any atom is 0.221 e. The molecule has 1 heterocycles. The van der Waals surface area contributed by atoms with E-state index in [9.17, 15) is 0 Å².